The first-order valence-electron chi connectivity index (χ1n) is 14.1. The standard InChI is InChI=1S/C35H30N2O3S/c1-3-9-22-15-17-23(18-16-22)32(38)30-31(33(39)28-14-8-19-41-28)37-27-13-7-4-10-24(27)21(2)20-29(37)35(30)25-11-5-6-12-26(25)36-34(35)40/h4-8,10-20,29-31H,3,9H2,1-2H3,(H,36,40)/t29-,30+,31+,35-/m1/s1. The van der Waals surface area contributed by atoms with Gasteiger partial charge in [-0.25, -0.2) is 0 Å². The average Bonchev–Trinajstić information content (AvgIpc) is 3.70. The van der Waals surface area contributed by atoms with Crippen LogP contribution in [0.3, 0.4) is 0 Å². The number of hydrogen-bond donors (Lipinski definition) is 1. The van der Waals surface area contributed by atoms with Crippen molar-refractivity contribution in [2.45, 2.75) is 44.2 Å². The van der Waals surface area contributed by atoms with Crippen LogP contribution in [0.5, 0.6) is 0 Å². The number of fused-ring (bicyclic) bond motifs is 6. The number of amides is 1. The molecule has 4 atom stereocenters. The summed E-state index contributed by atoms with van der Waals surface area (Å²) in [6.45, 7) is 4.17. The van der Waals surface area contributed by atoms with Gasteiger partial charge in [0.25, 0.3) is 0 Å². The Morgan fingerprint density at radius 1 is 0.927 bits per heavy atom. The van der Waals surface area contributed by atoms with E-state index in [9.17, 15) is 14.4 Å². The van der Waals surface area contributed by atoms with Gasteiger partial charge >= 0.3 is 0 Å². The minimum Gasteiger partial charge on any atom is -0.352 e. The summed E-state index contributed by atoms with van der Waals surface area (Å²) in [6, 6.07) is 25.6. The van der Waals surface area contributed by atoms with Crippen LogP contribution in [0.15, 0.2) is 96.4 Å². The Labute approximate surface area is 243 Å². The Bertz CT molecular complexity index is 1720. The molecule has 0 saturated carbocycles. The molecule has 4 aromatic rings. The summed E-state index contributed by atoms with van der Waals surface area (Å²) in [7, 11) is 0. The first-order valence-corrected chi connectivity index (χ1v) is 15.0. The second-order valence-corrected chi connectivity index (χ2v) is 12.1. The molecule has 6 heteroatoms. The van der Waals surface area contributed by atoms with Gasteiger partial charge in [0.15, 0.2) is 11.6 Å². The number of para-hydroxylation sites is 2. The third-order valence-corrected chi connectivity index (χ3v) is 9.86. The molecule has 1 spiro atoms. The van der Waals surface area contributed by atoms with Crippen molar-refractivity contribution in [2.24, 2.45) is 5.92 Å². The lowest BCUT2D eigenvalue weighted by Gasteiger charge is -2.39. The second kappa shape index (κ2) is 9.67. The molecule has 1 amide bonds. The van der Waals surface area contributed by atoms with Gasteiger partial charge in [-0.1, -0.05) is 86.2 Å². The third kappa shape index (κ3) is 3.63. The van der Waals surface area contributed by atoms with Crippen molar-refractivity contribution in [3.05, 3.63) is 124 Å². The Morgan fingerprint density at radius 3 is 2.44 bits per heavy atom. The maximum Gasteiger partial charge on any atom is 0.238 e. The number of carbonyl (C=O) groups excluding carboxylic acids is 3. The van der Waals surface area contributed by atoms with E-state index in [1.165, 1.54) is 11.3 Å². The number of benzene rings is 3. The van der Waals surface area contributed by atoms with Crippen molar-refractivity contribution in [3.63, 3.8) is 0 Å². The first-order chi connectivity index (χ1) is 20.0. The number of thiophene rings is 1. The zero-order chi connectivity index (χ0) is 28.3. The van der Waals surface area contributed by atoms with Crippen LogP contribution in [-0.4, -0.2) is 29.6 Å². The molecule has 4 heterocycles. The van der Waals surface area contributed by atoms with E-state index in [2.05, 4.69) is 23.2 Å². The normalized spacial score (nSPS) is 24.0. The van der Waals surface area contributed by atoms with E-state index >= 15 is 0 Å². The number of nitrogens with zero attached hydrogens (tertiary/aromatic N) is 1. The van der Waals surface area contributed by atoms with Gasteiger partial charge in [-0.05, 0) is 53.6 Å². The summed E-state index contributed by atoms with van der Waals surface area (Å²) in [5.74, 6) is -1.51. The summed E-state index contributed by atoms with van der Waals surface area (Å²) in [5, 5.41) is 4.98. The second-order valence-electron chi connectivity index (χ2n) is 11.2. The van der Waals surface area contributed by atoms with Crippen molar-refractivity contribution >= 4 is 45.8 Å². The molecule has 41 heavy (non-hydrogen) atoms. The van der Waals surface area contributed by atoms with Crippen LogP contribution in [0, 0.1) is 5.92 Å². The number of hydrogen-bond acceptors (Lipinski definition) is 5. The van der Waals surface area contributed by atoms with Crippen LogP contribution >= 0.6 is 11.3 Å². The molecule has 1 saturated heterocycles. The van der Waals surface area contributed by atoms with Gasteiger partial charge in [-0.15, -0.1) is 11.3 Å². The van der Waals surface area contributed by atoms with Crippen molar-refractivity contribution in [1.29, 1.82) is 0 Å². The van der Waals surface area contributed by atoms with E-state index in [-0.39, 0.29) is 17.5 Å². The first kappa shape index (κ1) is 25.7. The number of anilines is 2. The zero-order valence-corrected chi connectivity index (χ0v) is 23.8. The van der Waals surface area contributed by atoms with Crippen LogP contribution < -0.4 is 10.2 Å². The fourth-order valence-corrected chi connectivity index (χ4v) is 7.95. The minimum atomic E-state index is -1.29. The number of allylic oxidation sites excluding steroid dienone is 1. The van der Waals surface area contributed by atoms with Crippen molar-refractivity contribution in [2.75, 3.05) is 10.2 Å². The van der Waals surface area contributed by atoms with Crippen LogP contribution in [0.4, 0.5) is 11.4 Å². The zero-order valence-electron chi connectivity index (χ0n) is 23.0. The molecular weight excluding hydrogens is 528 g/mol. The van der Waals surface area contributed by atoms with Gasteiger partial charge < -0.3 is 10.2 Å². The smallest absolute Gasteiger partial charge is 0.238 e. The molecule has 0 aliphatic carbocycles. The fraction of sp³-hybridized carbons (Fsp3) is 0.229. The van der Waals surface area contributed by atoms with Gasteiger partial charge in [-0.3, -0.25) is 14.4 Å². The van der Waals surface area contributed by atoms with Crippen molar-refractivity contribution in [1.82, 2.24) is 0 Å². The molecule has 0 unspecified atom stereocenters. The van der Waals surface area contributed by atoms with E-state index in [4.69, 9.17) is 0 Å². The predicted molar refractivity (Wildman–Crippen MR) is 164 cm³/mol. The highest BCUT2D eigenvalue weighted by Crippen LogP contribution is 2.58. The predicted octanol–water partition coefficient (Wildman–Crippen LogP) is 6.95. The Kier molecular flexibility index (Phi) is 6.05. The van der Waals surface area contributed by atoms with Crippen molar-refractivity contribution < 1.29 is 14.4 Å². The number of rotatable bonds is 6. The number of carbonyl (C=O) groups is 3. The molecule has 0 radical (unpaired) electrons. The van der Waals surface area contributed by atoms with Gasteiger partial charge in [0, 0.05) is 22.5 Å². The molecule has 1 aromatic heterocycles. The summed E-state index contributed by atoms with van der Waals surface area (Å²) >= 11 is 1.37. The number of Topliss-reactive ketones (excluding diaryl/α,β-unsaturated/α-hetero) is 2. The molecule has 1 fully saturated rings. The Balaban J connectivity index is 1.52. The Hall–Kier alpha value is -4.29. The van der Waals surface area contributed by atoms with E-state index in [0.717, 1.165) is 40.8 Å². The van der Waals surface area contributed by atoms with Crippen LogP contribution in [0.1, 0.15) is 57.0 Å². The van der Waals surface area contributed by atoms with Gasteiger partial charge in [0.2, 0.25) is 5.91 Å². The van der Waals surface area contributed by atoms with Crippen LogP contribution in [0.25, 0.3) is 5.57 Å². The topological polar surface area (TPSA) is 66.5 Å². The SMILES string of the molecule is CCCc1ccc(C(=O)[C@@H]2[C@@H](C(=O)c3cccs3)N3c4ccccc4C(C)=C[C@@H]3[C@@]23C(=O)Nc2ccccc23)cc1. The highest BCUT2D eigenvalue weighted by Gasteiger charge is 2.70. The van der Waals surface area contributed by atoms with Gasteiger partial charge in [-0.2, -0.15) is 0 Å². The van der Waals surface area contributed by atoms with Gasteiger partial charge in [0.05, 0.1) is 16.8 Å². The lowest BCUT2D eigenvalue weighted by Crippen LogP contribution is -2.51. The number of aryl methyl sites for hydroxylation is 1. The largest absolute Gasteiger partial charge is 0.352 e. The molecule has 3 aliphatic rings. The van der Waals surface area contributed by atoms with E-state index < -0.39 is 23.4 Å². The lowest BCUT2D eigenvalue weighted by atomic mass is 9.64. The quantitative estimate of drug-likeness (QED) is 0.260. The number of nitrogens with one attached hydrogen (secondary N) is 1. The summed E-state index contributed by atoms with van der Waals surface area (Å²) < 4.78 is 0. The summed E-state index contributed by atoms with van der Waals surface area (Å²) in [4.78, 5) is 46.5. The lowest BCUT2D eigenvalue weighted by molar-refractivity contribution is -0.121. The monoisotopic (exact) mass is 558 g/mol. The molecule has 3 aliphatic heterocycles. The molecule has 0 bridgehead atoms. The highest BCUT2D eigenvalue weighted by molar-refractivity contribution is 7.12. The maximum atomic E-state index is 14.9. The molecule has 204 valence electrons. The fourth-order valence-electron chi connectivity index (χ4n) is 7.26. The van der Waals surface area contributed by atoms with Gasteiger partial charge in [0.1, 0.15) is 11.5 Å². The van der Waals surface area contributed by atoms with Crippen LogP contribution in [0.2, 0.25) is 0 Å². The Morgan fingerprint density at radius 2 is 1.68 bits per heavy atom. The van der Waals surface area contributed by atoms with Crippen LogP contribution in [-0.2, 0) is 16.6 Å². The molecule has 1 N–H and O–H groups in total. The molecular formula is C35H30N2O3S. The van der Waals surface area contributed by atoms with E-state index in [1.54, 1.807) is 0 Å². The third-order valence-electron chi connectivity index (χ3n) is 8.98. The minimum absolute atomic E-state index is 0.136. The highest BCUT2D eigenvalue weighted by atomic mass is 32.1. The van der Waals surface area contributed by atoms with E-state index in [1.807, 2.05) is 97.2 Å². The number of ketones is 2. The molecule has 3 aromatic carbocycles. The van der Waals surface area contributed by atoms with E-state index in [0.29, 0.717) is 16.1 Å². The average molecular weight is 559 g/mol. The maximum absolute atomic E-state index is 14.9. The molecule has 7 rings (SSSR count). The van der Waals surface area contributed by atoms with Crippen molar-refractivity contribution in [3.8, 4) is 0 Å². The summed E-state index contributed by atoms with van der Waals surface area (Å²) in [5.41, 5.74) is 4.76. The molecule has 5 nitrogen and oxygen atoms in total. The summed E-state index contributed by atoms with van der Waals surface area (Å²) in [6.07, 6.45) is 4.03.